The van der Waals surface area contributed by atoms with Crippen LogP contribution in [0.3, 0.4) is 0 Å². The predicted molar refractivity (Wildman–Crippen MR) is 138 cm³/mol. The van der Waals surface area contributed by atoms with E-state index in [1.807, 2.05) is 36.5 Å². The van der Waals surface area contributed by atoms with Crippen LogP contribution in [0.15, 0.2) is 72.9 Å². The average Bonchev–Trinajstić information content (AvgIpc) is 3.52. The molecule has 8 nitrogen and oxygen atoms in total. The van der Waals surface area contributed by atoms with Crippen molar-refractivity contribution in [2.75, 3.05) is 18.0 Å². The Labute approximate surface area is 212 Å². The second-order valence-corrected chi connectivity index (χ2v) is 8.88. The molecule has 0 saturated carbocycles. The van der Waals surface area contributed by atoms with Crippen molar-refractivity contribution in [2.45, 2.75) is 19.6 Å². The Morgan fingerprint density at radius 2 is 1.86 bits per heavy atom. The molecule has 1 aliphatic heterocycles. The highest BCUT2D eigenvalue weighted by atomic mass is 19.1. The van der Waals surface area contributed by atoms with Gasteiger partial charge in [-0.1, -0.05) is 30.3 Å². The van der Waals surface area contributed by atoms with Gasteiger partial charge in [-0.3, -0.25) is 14.5 Å². The number of hydrogen-bond donors (Lipinski definition) is 3. The lowest BCUT2D eigenvalue weighted by molar-refractivity contribution is -0.119. The third-order valence-electron chi connectivity index (χ3n) is 6.25. The molecule has 9 heteroatoms. The number of benzene rings is 3. The average molecular weight is 501 g/mol. The number of H-pyrrole nitrogens is 1. The highest BCUT2D eigenvalue weighted by Crippen LogP contribution is 2.29. The topological polar surface area (TPSA) is 104 Å². The van der Waals surface area contributed by atoms with Crippen LogP contribution < -0.4 is 15.5 Å². The summed E-state index contributed by atoms with van der Waals surface area (Å²) in [5, 5.41) is 6.56. The van der Waals surface area contributed by atoms with E-state index >= 15 is 4.39 Å². The number of aromatic amines is 1. The molecule has 1 atom stereocenters. The maximum atomic E-state index is 15.0. The number of halogens is 1. The van der Waals surface area contributed by atoms with Gasteiger partial charge in [-0.2, -0.15) is 0 Å². The second-order valence-electron chi connectivity index (χ2n) is 8.88. The van der Waals surface area contributed by atoms with Crippen LogP contribution in [0.1, 0.15) is 22.8 Å². The number of amides is 3. The quantitative estimate of drug-likeness (QED) is 0.351. The van der Waals surface area contributed by atoms with Crippen LogP contribution in [0, 0.1) is 5.82 Å². The number of cyclic esters (lactones) is 1. The molecule has 5 rings (SSSR count). The predicted octanol–water partition coefficient (Wildman–Crippen LogP) is 4.37. The van der Waals surface area contributed by atoms with Crippen molar-refractivity contribution >= 4 is 34.5 Å². The normalized spacial score (nSPS) is 15.0. The minimum Gasteiger partial charge on any atom is -0.442 e. The van der Waals surface area contributed by atoms with E-state index in [2.05, 4.69) is 15.6 Å². The molecule has 37 heavy (non-hydrogen) atoms. The number of hydrogen-bond acceptors (Lipinski definition) is 4. The van der Waals surface area contributed by atoms with Gasteiger partial charge in [0.05, 0.1) is 18.8 Å². The van der Waals surface area contributed by atoms with Crippen LogP contribution in [-0.2, 0) is 16.1 Å². The molecule has 0 aliphatic carbocycles. The van der Waals surface area contributed by atoms with E-state index in [1.165, 1.54) is 17.9 Å². The lowest BCUT2D eigenvalue weighted by atomic mass is 10.0. The minimum absolute atomic E-state index is 0.179. The van der Waals surface area contributed by atoms with Gasteiger partial charge in [0.15, 0.2) is 0 Å². The van der Waals surface area contributed by atoms with Gasteiger partial charge in [0.25, 0.3) is 5.91 Å². The summed E-state index contributed by atoms with van der Waals surface area (Å²) >= 11 is 0. The number of fused-ring (bicyclic) bond motifs is 1. The number of nitrogens with zero attached hydrogens (tertiary/aromatic N) is 1. The number of carbonyl (C=O) groups is 3. The summed E-state index contributed by atoms with van der Waals surface area (Å²) in [5.41, 5.74) is 3.78. The molecule has 1 aliphatic rings. The maximum absolute atomic E-state index is 15.0. The largest absolute Gasteiger partial charge is 0.442 e. The fourth-order valence-electron chi connectivity index (χ4n) is 4.28. The zero-order valence-electron chi connectivity index (χ0n) is 20.1. The Balaban J connectivity index is 1.21. The molecule has 1 unspecified atom stereocenters. The number of carbonyl (C=O) groups excluding carboxylic acids is 3. The molecular weight excluding hydrogens is 475 g/mol. The number of nitrogens with one attached hydrogen (secondary N) is 3. The van der Waals surface area contributed by atoms with Crippen molar-refractivity contribution in [1.29, 1.82) is 0 Å². The Bertz CT molecular complexity index is 1480. The van der Waals surface area contributed by atoms with Gasteiger partial charge < -0.3 is 20.4 Å². The van der Waals surface area contributed by atoms with Crippen LogP contribution in [0.4, 0.5) is 14.9 Å². The van der Waals surface area contributed by atoms with Gasteiger partial charge >= 0.3 is 6.09 Å². The van der Waals surface area contributed by atoms with Crippen molar-refractivity contribution in [3.63, 3.8) is 0 Å². The Morgan fingerprint density at radius 3 is 2.62 bits per heavy atom. The van der Waals surface area contributed by atoms with Gasteiger partial charge in [-0.25, -0.2) is 9.18 Å². The van der Waals surface area contributed by atoms with Crippen molar-refractivity contribution in [1.82, 2.24) is 15.6 Å². The third-order valence-corrected chi connectivity index (χ3v) is 6.25. The van der Waals surface area contributed by atoms with Gasteiger partial charge in [0, 0.05) is 36.3 Å². The fraction of sp³-hybridized carbons (Fsp3) is 0.179. The molecule has 3 amide bonds. The SMILES string of the molecule is CC(=O)NCC1CN(c2ccc(-c3ccc(CNC(=O)c4ccc5cc[nH]c5c4)cc3)c(F)c2)C(=O)O1. The van der Waals surface area contributed by atoms with Gasteiger partial charge in [-0.05, 0) is 52.9 Å². The molecule has 3 N–H and O–H groups in total. The molecule has 2 heterocycles. The summed E-state index contributed by atoms with van der Waals surface area (Å²) in [6.45, 7) is 2.14. The van der Waals surface area contributed by atoms with E-state index in [0.29, 0.717) is 28.9 Å². The van der Waals surface area contributed by atoms with E-state index in [1.54, 1.807) is 30.3 Å². The summed E-state index contributed by atoms with van der Waals surface area (Å²) in [6.07, 6.45) is 0.751. The molecule has 3 aromatic carbocycles. The monoisotopic (exact) mass is 500 g/mol. The smallest absolute Gasteiger partial charge is 0.414 e. The molecule has 0 bridgehead atoms. The molecule has 4 aromatic rings. The van der Waals surface area contributed by atoms with Crippen molar-refractivity contribution in [3.8, 4) is 11.1 Å². The summed E-state index contributed by atoms with van der Waals surface area (Å²) in [4.78, 5) is 40.3. The summed E-state index contributed by atoms with van der Waals surface area (Å²) in [5.74, 6) is -0.869. The zero-order valence-corrected chi connectivity index (χ0v) is 20.1. The number of aromatic nitrogens is 1. The first-order valence-corrected chi connectivity index (χ1v) is 11.8. The number of anilines is 1. The first-order valence-electron chi connectivity index (χ1n) is 11.8. The lowest BCUT2D eigenvalue weighted by Crippen LogP contribution is -2.33. The van der Waals surface area contributed by atoms with E-state index < -0.39 is 18.0 Å². The number of ether oxygens (including phenoxy) is 1. The van der Waals surface area contributed by atoms with E-state index in [-0.39, 0.29) is 24.9 Å². The molecule has 0 radical (unpaired) electrons. The summed E-state index contributed by atoms with van der Waals surface area (Å²) in [7, 11) is 0. The second kappa shape index (κ2) is 10.1. The lowest BCUT2D eigenvalue weighted by Gasteiger charge is -2.15. The number of rotatable bonds is 7. The molecule has 1 saturated heterocycles. The van der Waals surface area contributed by atoms with Gasteiger partial charge in [0.2, 0.25) is 5.91 Å². The summed E-state index contributed by atoms with van der Waals surface area (Å²) in [6, 6.07) is 19.3. The van der Waals surface area contributed by atoms with Crippen LogP contribution in [0.2, 0.25) is 0 Å². The highest BCUT2D eigenvalue weighted by molar-refractivity contribution is 5.97. The highest BCUT2D eigenvalue weighted by Gasteiger charge is 2.32. The molecule has 1 aromatic heterocycles. The Hall–Kier alpha value is -4.66. The van der Waals surface area contributed by atoms with Crippen LogP contribution in [0.25, 0.3) is 22.0 Å². The standard InChI is InChI=1S/C28H25FN4O4/c1-17(34)31-15-23-16-33(28(36)37-23)22-8-9-24(25(29)13-22)19-4-2-18(3-5-19)14-32-27(35)21-7-6-20-10-11-30-26(20)12-21/h2-13,23,30H,14-16H2,1H3,(H,31,34)(H,32,35). The Morgan fingerprint density at radius 1 is 1.05 bits per heavy atom. The fourth-order valence-corrected chi connectivity index (χ4v) is 4.28. The van der Waals surface area contributed by atoms with E-state index in [9.17, 15) is 14.4 Å². The van der Waals surface area contributed by atoms with Crippen LogP contribution >= 0.6 is 0 Å². The maximum Gasteiger partial charge on any atom is 0.414 e. The van der Waals surface area contributed by atoms with E-state index in [0.717, 1.165) is 16.5 Å². The zero-order chi connectivity index (χ0) is 25.9. The van der Waals surface area contributed by atoms with Gasteiger partial charge in [0.1, 0.15) is 11.9 Å². The minimum atomic E-state index is -0.582. The van der Waals surface area contributed by atoms with Crippen molar-refractivity contribution in [3.05, 3.63) is 89.9 Å². The first kappa shape index (κ1) is 24.1. The first-order chi connectivity index (χ1) is 17.9. The molecular formula is C28H25FN4O4. The van der Waals surface area contributed by atoms with Crippen molar-refractivity contribution in [2.24, 2.45) is 0 Å². The molecule has 188 valence electrons. The van der Waals surface area contributed by atoms with Gasteiger partial charge in [-0.15, -0.1) is 0 Å². The summed E-state index contributed by atoms with van der Waals surface area (Å²) < 4.78 is 20.2. The van der Waals surface area contributed by atoms with E-state index in [4.69, 9.17) is 4.74 Å². The van der Waals surface area contributed by atoms with Crippen LogP contribution in [0.5, 0.6) is 0 Å². The molecule has 0 spiro atoms. The van der Waals surface area contributed by atoms with Crippen LogP contribution in [-0.4, -0.2) is 42.1 Å². The Kier molecular flexibility index (Phi) is 6.59. The third kappa shape index (κ3) is 5.30. The van der Waals surface area contributed by atoms with Crippen molar-refractivity contribution < 1.29 is 23.5 Å². The molecule has 1 fully saturated rings.